The molecule has 0 fully saturated rings. The Kier molecular flexibility index (Phi) is 5.85. The van der Waals surface area contributed by atoms with E-state index in [4.69, 9.17) is 0 Å². The van der Waals surface area contributed by atoms with Crippen molar-refractivity contribution in [1.82, 2.24) is 24.9 Å². The first kappa shape index (κ1) is 23.0. The van der Waals surface area contributed by atoms with Gasteiger partial charge < -0.3 is 10.4 Å². The van der Waals surface area contributed by atoms with Crippen LogP contribution < -0.4 is 5.32 Å². The van der Waals surface area contributed by atoms with E-state index in [1.165, 1.54) is 10.6 Å². The molecule has 1 aromatic carbocycles. The minimum Gasteiger partial charge on any atom is -0.389 e. The van der Waals surface area contributed by atoms with Gasteiger partial charge in [-0.1, -0.05) is 12.1 Å². The summed E-state index contributed by atoms with van der Waals surface area (Å²) in [6, 6.07) is 12.1. The van der Waals surface area contributed by atoms with Crippen LogP contribution in [0.3, 0.4) is 0 Å². The number of hydrogen-bond acceptors (Lipinski definition) is 6. The zero-order valence-electron chi connectivity index (χ0n) is 19.2. The third kappa shape index (κ3) is 4.49. The number of aryl methyl sites for hydroxylation is 2. The van der Waals surface area contributed by atoms with Gasteiger partial charge in [0.25, 0.3) is 5.91 Å². The van der Waals surface area contributed by atoms with E-state index in [2.05, 4.69) is 26.5 Å². The lowest BCUT2D eigenvalue weighted by molar-refractivity contribution is 0.0692. The third-order valence-corrected chi connectivity index (χ3v) is 5.19. The molecule has 0 aliphatic heterocycles. The van der Waals surface area contributed by atoms with Crippen molar-refractivity contribution in [2.45, 2.75) is 33.3 Å². The number of halogens is 1. The van der Waals surface area contributed by atoms with Crippen LogP contribution in [0.5, 0.6) is 0 Å². The smallest absolute Gasteiger partial charge is 0.270 e. The highest BCUT2D eigenvalue weighted by Gasteiger charge is 2.24. The lowest BCUT2D eigenvalue weighted by Crippen LogP contribution is -2.38. The van der Waals surface area contributed by atoms with Crippen LogP contribution in [-0.2, 0) is 0 Å². The van der Waals surface area contributed by atoms with E-state index < -0.39 is 17.3 Å². The second-order valence-electron chi connectivity index (χ2n) is 8.70. The quantitative estimate of drug-likeness (QED) is 0.472. The minimum atomic E-state index is -1.09. The summed E-state index contributed by atoms with van der Waals surface area (Å²) in [5.41, 5.74) is 2.22. The fourth-order valence-electron chi connectivity index (χ4n) is 3.62. The van der Waals surface area contributed by atoms with Crippen molar-refractivity contribution in [2.75, 3.05) is 6.54 Å². The number of fused-ring (bicyclic) bond motifs is 1. The number of amides is 1. The first-order valence-electron chi connectivity index (χ1n) is 10.6. The third-order valence-electron chi connectivity index (χ3n) is 5.19. The SMILES string of the molecule is Cc1cc(-c2c(-c3cccc(C#N)c3)nn3ccc(C(=O)NCC(C)(C)O)nc23)c(F)c(C)n1. The van der Waals surface area contributed by atoms with Crippen LogP contribution in [0.2, 0.25) is 0 Å². The summed E-state index contributed by atoms with van der Waals surface area (Å²) in [5, 5.41) is 26.5. The van der Waals surface area contributed by atoms with E-state index in [0.717, 1.165) is 0 Å². The van der Waals surface area contributed by atoms with Crippen LogP contribution in [0.15, 0.2) is 42.6 Å². The van der Waals surface area contributed by atoms with E-state index in [-0.39, 0.29) is 29.1 Å². The molecule has 0 spiro atoms. The molecular weight excluding hydrogens is 435 g/mol. The van der Waals surface area contributed by atoms with Crippen LogP contribution in [0, 0.1) is 31.0 Å². The maximum Gasteiger partial charge on any atom is 0.270 e. The predicted molar refractivity (Wildman–Crippen MR) is 124 cm³/mol. The molecule has 0 saturated heterocycles. The first-order valence-corrected chi connectivity index (χ1v) is 10.6. The number of carbonyl (C=O) groups excluding carboxylic acids is 1. The minimum absolute atomic E-state index is 0.0361. The average molecular weight is 458 g/mol. The lowest BCUT2D eigenvalue weighted by atomic mass is 9.99. The molecule has 0 aliphatic carbocycles. The largest absolute Gasteiger partial charge is 0.389 e. The molecule has 3 aromatic heterocycles. The maximum absolute atomic E-state index is 15.3. The van der Waals surface area contributed by atoms with Gasteiger partial charge >= 0.3 is 0 Å². The number of benzene rings is 1. The van der Waals surface area contributed by atoms with Crippen LogP contribution in [0.4, 0.5) is 4.39 Å². The maximum atomic E-state index is 15.3. The fraction of sp³-hybridized carbons (Fsp3) is 0.240. The van der Waals surface area contributed by atoms with Crippen LogP contribution >= 0.6 is 0 Å². The van der Waals surface area contributed by atoms with E-state index in [9.17, 15) is 15.2 Å². The molecule has 9 heteroatoms. The van der Waals surface area contributed by atoms with Crippen LogP contribution in [-0.4, -0.2) is 42.7 Å². The molecule has 8 nitrogen and oxygen atoms in total. The molecular formula is C25H23FN6O2. The highest BCUT2D eigenvalue weighted by atomic mass is 19.1. The van der Waals surface area contributed by atoms with Crippen molar-refractivity contribution in [3.63, 3.8) is 0 Å². The summed E-state index contributed by atoms with van der Waals surface area (Å²) in [6.45, 7) is 6.54. The van der Waals surface area contributed by atoms with Gasteiger partial charge in [0.2, 0.25) is 0 Å². The number of rotatable bonds is 5. The van der Waals surface area contributed by atoms with Gasteiger partial charge in [0, 0.05) is 29.6 Å². The average Bonchev–Trinajstić information content (AvgIpc) is 3.18. The first-order chi connectivity index (χ1) is 16.1. The van der Waals surface area contributed by atoms with Crippen molar-refractivity contribution in [3.05, 3.63) is 71.1 Å². The number of nitrogens with one attached hydrogen (secondary N) is 1. The normalized spacial score (nSPS) is 11.4. The van der Waals surface area contributed by atoms with E-state index in [0.29, 0.717) is 28.1 Å². The molecule has 3 heterocycles. The Balaban J connectivity index is 1.96. The molecule has 172 valence electrons. The van der Waals surface area contributed by atoms with Crippen molar-refractivity contribution < 1.29 is 14.3 Å². The van der Waals surface area contributed by atoms with Gasteiger partial charge in [0.05, 0.1) is 28.5 Å². The number of aromatic nitrogens is 4. The lowest BCUT2D eigenvalue weighted by Gasteiger charge is -2.17. The zero-order valence-corrected chi connectivity index (χ0v) is 19.2. The fourth-order valence-corrected chi connectivity index (χ4v) is 3.62. The molecule has 1 amide bonds. The number of carbonyl (C=O) groups is 1. The summed E-state index contributed by atoms with van der Waals surface area (Å²) >= 11 is 0. The number of aliphatic hydroxyl groups is 1. The van der Waals surface area contributed by atoms with E-state index in [1.54, 1.807) is 64.2 Å². The zero-order chi connectivity index (χ0) is 24.6. The summed E-state index contributed by atoms with van der Waals surface area (Å²) in [6.07, 6.45) is 1.57. The summed E-state index contributed by atoms with van der Waals surface area (Å²) < 4.78 is 16.8. The van der Waals surface area contributed by atoms with Crippen molar-refractivity contribution in [3.8, 4) is 28.5 Å². The van der Waals surface area contributed by atoms with Gasteiger partial charge in [-0.05, 0) is 52.0 Å². The predicted octanol–water partition coefficient (Wildman–Crippen LogP) is 3.59. The van der Waals surface area contributed by atoms with E-state index >= 15 is 4.39 Å². The summed E-state index contributed by atoms with van der Waals surface area (Å²) in [7, 11) is 0. The van der Waals surface area contributed by atoms with Gasteiger partial charge in [0.15, 0.2) is 11.5 Å². The second kappa shape index (κ2) is 8.65. The molecule has 0 aliphatic rings. The Labute approximate surface area is 195 Å². The number of nitrogens with zero attached hydrogens (tertiary/aromatic N) is 5. The number of pyridine rings is 1. The van der Waals surface area contributed by atoms with Gasteiger partial charge in [0.1, 0.15) is 11.4 Å². The Morgan fingerprint density at radius 3 is 2.71 bits per heavy atom. The van der Waals surface area contributed by atoms with Crippen molar-refractivity contribution in [2.24, 2.45) is 0 Å². The highest BCUT2D eigenvalue weighted by Crippen LogP contribution is 2.37. The van der Waals surface area contributed by atoms with Gasteiger partial charge in [-0.25, -0.2) is 13.9 Å². The monoisotopic (exact) mass is 458 g/mol. The molecule has 0 bridgehead atoms. The summed E-state index contributed by atoms with van der Waals surface area (Å²) in [5.74, 6) is -0.996. The Bertz CT molecular complexity index is 1460. The molecule has 34 heavy (non-hydrogen) atoms. The molecule has 4 rings (SSSR count). The Hall–Kier alpha value is -4.16. The Morgan fingerprint density at radius 1 is 1.24 bits per heavy atom. The number of nitriles is 1. The topological polar surface area (TPSA) is 116 Å². The molecule has 0 unspecified atom stereocenters. The standard InChI is InChI=1S/C25H23FN6O2/c1-14-10-18(21(26)15(2)29-14)20-22(17-7-5-6-16(11-17)12-27)31-32-9-8-19(30-23(20)32)24(33)28-13-25(3,4)34/h5-11,34H,13H2,1-4H3,(H,28,33). The van der Waals surface area contributed by atoms with Gasteiger partial charge in [-0.3, -0.25) is 9.78 Å². The molecule has 0 saturated carbocycles. The molecule has 4 aromatic rings. The number of hydrogen-bond donors (Lipinski definition) is 2. The van der Waals surface area contributed by atoms with Crippen molar-refractivity contribution >= 4 is 11.6 Å². The second-order valence-corrected chi connectivity index (χ2v) is 8.70. The van der Waals surface area contributed by atoms with Gasteiger partial charge in [-0.15, -0.1) is 0 Å². The van der Waals surface area contributed by atoms with Crippen LogP contribution in [0.25, 0.3) is 28.0 Å². The van der Waals surface area contributed by atoms with Crippen LogP contribution in [0.1, 0.15) is 41.3 Å². The molecule has 2 N–H and O–H groups in total. The Morgan fingerprint density at radius 2 is 2.00 bits per heavy atom. The van der Waals surface area contributed by atoms with E-state index in [1.807, 2.05) is 0 Å². The molecule has 0 atom stereocenters. The van der Waals surface area contributed by atoms with Crippen molar-refractivity contribution in [1.29, 1.82) is 5.26 Å². The highest BCUT2D eigenvalue weighted by molar-refractivity contribution is 5.95. The molecule has 0 radical (unpaired) electrons. The van der Waals surface area contributed by atoms with Gasteiger partial charge in [-0.2, -0.15) is 10.4 Å². The summed E-state index contributed by atoms with van der Waals surface area (Å²) in [4.78, 5) is 21.4.